The zero-order valence-electron chi connectivity index (χ0n) is 14.0. The van der Waals surface area contributed by atoms with Crippen LogP contribution in [0.5, 0.6) is 11.5 Å². The fraction of sp³-hybridized carbons (Fsp3) is 0.375. The molecule has 0 fully saturated rings. The van der Waals surface area contributed by atoms with E-state index in [1.54, 1.807) is 27.2 Å². The molecule has 1 amide bonds. The number of aromatic nitrogens is 3. The number of H-pyrrole nitrogens is 1. The summed E-state index contributed by atoms with van der Waals surface area (Å²) < 4.78 is 10.4. The maximum Gasteiger partial charge on any atom is 0.275 e. The second kappa shape index (κ2) is 7.58. The fourth-order valence-corrected chi connectivity index (χ4v) is 2.30. The Kier molecular flexibility index (Phi) is 5.51. The van der Waals surface area contributed by atoms with Crippen LogP contribution >= 0.6 is 0 Å². The molecule has 8 heteroatoms. The zero-order chi connectivity index (χ0) is 17.7. The summed E-state index contributed by atoms with van der Waals surface area (Å²) in [6.07, 6.45) is 0.386. The van der Waals surface area contributed by atoms with Crippen molar-refractivity contribution < 1.29 is 14.3 Å². The Bertz CT molecular complexity index is 788. The lowest BCUT2D eigenvalue weighted by molar-refractivity contribution is -0.119. The molecule has 0 aliphatic carbocycles. The molecule has 128 valence electrons. The molecule has 8 nitrogen and oxygen atoms in total. The van der Waals surface area contributed by atoms with Gasteiger partial charge in [0, 0.05) is 13.3 Å². The monoisotopic (exact) mass is 332 g/mol. The molecule has 0 radical (unpaired) electrons. The average molecular weight is 332 g/mol. The highest BCUT2D eigenvalue weighted by Gasteiger charge is 2.14. The number of hydrogen-bond acceptors (Lipinski definition) is 6. The number of carbonyl (C=O) groups is 1. The highest BCUT2D eigenvalue weighted by atomic mass is 16.5. The first-order valence-corrected chi connectivity index (χ1v) is 7.38. The van der Waals surface area contributed by atoms with Gasteiger partial charge in [-0.3, -0.25) is 9.59 Å². The zero-order valence-corrected chi connectivity index (χ0v) is 14.0. The third-order valence-corrected chi connectivity index (χ3v) is 3.42. The first-order valence-electron chi connectivity index (χ1n) is 7.38. The second-order valence-corrected chi connectivity index (χ2v) is 5.27. The van der Waals surface area contributed by atoms with Crippen molar-refractivity contribution in [2.24, 2.45) is 0 Å². The van der Waals surface area contributed by atoms with Crippen LogP contribution in [0.3, 0.4) is 0 Å². The van der Waals surface area contributed by atoms with Gasteiger partial charge in [-0.2, -0.15) is 0 Å². The normalized spacial score (nSPS) is 11.7. The van der Waals surface area contributed by atoms with Crippen LogP contribution in [-0.2, 0) is 11.2 Å². The fourth-order valence-electron chi connectivity index (χ4n) is 2.30. The van der Waals surface area contributed by atoms with Gasteiger partial charge in [0.2, 0.25) is 5.91 Å². The predicted molar refractivity (Wildman–Crippen MR) is 87.2 cm³/mol. The highest BCUT2D eigenvalue weighted by molar-refractivity contribution is 5.73. The van der Waals surface area contributed by atoms with Crippen molar-refractivity contribution in [3.05, 3.63) is 45.6 Å². The quantitative estimate of drug-likeness (QED) is 0.816. The van der Waals surface area contributed by atoms with E-state index in [9.17, 15) is 9.59 Å². The van der Waals surface area contributed by atoms with Crippen LogP contribution in [0.2, 0.25) is 0 Å². The number of nitrogens with one attached hydrogen (secondary N) is 2. The second-order valence-electron chi connectivity index (χ2n) is 5.27. The van der Waals surface area contributed by atoms with Gasteiger partial charge in [-0.25, -0.2) is 0 Å². The third-order valence-electron chi connectivity index (χ3n) is 3.42. The summed E-state index contributed by atoms with van der Waals surface area (Å²) in [6, 6.07) is 4.95. The van der Waals surface area contributed by atoms with Gasteiger partial charge in [0.15, 0.2) is 11.5 Å². The smallest absolute Gasteiger partial charge is 0.275 e. The van der Waals surface area contributed by atoms with Crippen molar-refractivity contribution in [2.75, 3.05) is 14.2 Å². The van der Waals surface area contributed by atoms with Crippen LogP contribution in [0.15, 0.2) is 23.0 Å². The maximum absolute atomic E-state index is 12.1. The molecule has 1 heterocycles. The minimum Gasteiger partial charge on any atom is -0.493 e. The van der Waals surface area contributed by atoms with Gasteiger partial charge < -0.3 is 19.8 Å². The van der Waals surface area contributed by atoms with Crippen molar-refractivity contribution in [3.8, 4) is 11.5 Å². The molecule has 0 aliphatic heterocycles. The lowest BCUT2D eigenvalue weighted by atomic mass is 10.1. The molecule has 0 spiro atoms. The number of methoxy groups -OCH3 is 2. The van der Waals surface area contributed by atoms with E-state index in [1.807, 2.05) is 12.1 Å². The summed E-state index contributed by atoms with van der Waals surface area (Å²) >= 11 is 0. The van der Waals surface area contributed by atoms with Crippen LogP contribution in [0, 0.1) is 0 Å². The molecule has 1 aromatic heterocycles. The van der Waals surface area contributed by atoms with Gasteiger partial charge in [0.25, 0.3) is 5.56 Å². The van der Waals surface area contributed by atoms with Crippen molar-refractivity contribution in [1.29, 1.82) is 0 Å². The number of benzene rings is 1. The summed E-state index contributed by atoms with van der Waals surface area (Å²) in [6.45, 7) is 3.05. The topological polar surface area (TPSA) is 106 Å². The summed E-state index contributed by atoms with van der Waals surface area (Å²) in [4.78, 5) is 25.9. The Balaban J connectivity index is 2.21. The lowest BCUT2D eigenvalue weighted by Crippen LogP contribution is -2.31. The van der Waals surface area contributed by atoms with E-state index in [0.29, 0.717) is 23.7 Å². The van der Waals surface area contributed by atoms with Crippen molar-refractivity contribution in [2.45, 2.75) is 26.3 Å². The van der Waals surface area contributed by atoms with Crippen LogP contribution < -0.4 is 20.3 Å². The van der Waals surface area contributed by atoms with Crippen molar-refractivity contribution in [1.82, 2.24) is 20.5 Å². The van der Waals surface area contributed by atoms with Crippen LogP contribution in [0.25, 0.3) is 0 Å². The number of amides is 1. The Hall–Kier alpha value is -2.90. The lowest BCUT2D eigenvalue weighted by Gasteiger charge is -2.11. The minimum atomic E-state index is -0.506. The van der Waals surface area contributed by atoms with E-state index in [4.69, 9.17) is 9.47 Å². The molecule has 1 aromatic carbocycles. The van der Waals surface area contributed by atoms with Gasteiger partial charge in [-0.05, 0) is 24.6 Å². The van der Waals surface area contributed by atoms with E-state index in [0.717, 1.165) is 5.56 Å². The van der Waals surface area contributed by atoms with E-state index in [2.05, 4.69) is 20.5 Å². The van der Waals surface area contributed by atoms with E-state index in [1.165, 1.54) is 6.92 Å². The molecule has 2 aromatic rings. The van der Waals surface area contributed by atoms with Crippen LogP contribution in [0.4, 0.5) is 0 Å². The summed E-state index contributed by atoms with van der Waals surface area (Å²) in [7, 11) is 3.12. The first kappa shape index (κ1) is 17.5. The molecule has 0 saturated carbocycles. The highest BCUT2D eigenvalue weighted by Crippen LogP contribution is 2.28. The number of nitrogens with zero attached hydrogens (tertiary/aromatic N) is 2. The molecule has 0 bridgehead atoms. The number of aromatic amines is 1. The van der Waals surface area contributed by atoms with E-state index < -0.39 is 6.04 Å². The van der Waals surface area contributed by atoms with E-state index in [-0.39, 0.29) is 17.2 Å². The van der Waals surface area contributed by atoms with Crippen LogP contribution in [0.1, 0.15) is 37.0 Å². The SMILES string of the molecule is COc1ccc(Cc2nnc(C(C)NC(C)=O)c(=O)[nH]2)cc1OC. The Labute approximate surface area is 139 Å². The number of carbonyl (C=O) groups excluding carboxylic acids is 1. The Morgan fingerprint density at radius 3 is 2.54 bits per heavy atom. The number of ether oxygens (including phenoxy) is 2. The minimum absolute atomic E-state index is 0.168. The van der Waals surface area contributed by atoms with E-state index >= 15 is 0 Å². The molecule has 2 N–H and O–H groups in total. The third kappa shape index (κ3) is 4.09. The average Bonchev–Trinajstić information content (AvgIpc) is 2.54. The summed E-state index contributed by atoms with van der Waals surface area (Å²) in [5, 5.41) is 10.6. The Morgan fingerprint density at radius 2 is 1.96 bits per heavy atom. The number of rotatable bonds is 6. The molecule has 0 aliphatic rings. The van der Waals surface area contributed by atoms with Gasteiger partial charge in [0.05, 0.1) is 20.3 Å². The molecule has 0 saturated heterocycles. The summed E-state index contributed by atoms with van der Waals surface area (Å²) in [5.74, 6) is 1.41. The maximum atomic E-state index is 12.1. The van der Waals surface area contributed by atoms with Crippen LogP contribution in [-0.4, -0.2) is 35.3 Å². The van der Waals surface area contributed by atoms with Gasteiger partial charge in [-0.15, -0.1) is 10.2 Å². The number of hydrogen-bond donors (Lipinski definition) is 2. The predicted octanol–water partition coefficient (Wildman–Crippen LogP) is 0.970. The molecule has 1 atom stereocenters. The van der Waals surface area contributed by atoms with Crippen molar-refractivity contribution in [3.63, 3.8) is 0 Å². The molecular weight excluding hydrogens is 312 g/mol. The van der Waals surface area contributed by atoms with Crippen molar-refractivity contribution >= 4 is 5.91 Å². The summed E-state index contributed by atoms with van der Waals surface area (Å²) in [5.41, 5.74) is 0.684. The molecule has 24 heavy (non-hydrogen) atoms. The van der Waals surface area contributed by atoms with Gasteiger partial charge in [-0.1, -0.05) is 6.07 Å². The molecule has 1 unspecified atom stereocenters. The van der Waals surface area contributed by atoms with Gasteiger partial charge >= 0.3 is 0 Å². The van der Waals surface area contributed by atoms with Gasteiger partial charge in [0.1, 0.15) is 11.5 Å². The molecular formula is C16H20N4O4. The Morgan fingerprint density at radius 1 is 1.25 bits per heavy atom. The first-order chi connectivity index (χ1) is 11.4. The molecule has 2 rings (SSSR count). The standard InChI is InChI=1S/C16H20N4O4/c1-9(17-10(2)21)15-16(22)18-14(19-20-15)8-11-5-6-12(23-3)13(7-11)24-4/h5-7,9H,8H2,1-4H3,(H,17,21)(H,18,19,22). The largest absolute Gasteiger partial charge is 0.493 e.